The first-order chi connectivity index (χ1) is 12.4. The van der Waals surface area contributed by atoms with E-state index in [2.05, 4.69) is 103 Å². The average Bonchev–Trinajstić information content (AvgIpc) is 2.70. The molecule has 0 aliphatic carbocycles. The predicted molar refractivity (Wildman–Crippen MR) is 111 cm³/mol. The van der Waals surface area contributed by atoms with Crippen LogP contribution in [0.3, 0.4) is 0 Å². The minimum atomic E-state index is -1.83. The van der Waals surface area contributed by atoms with Crippen LogP contribution in [0.5, 0.6) is 0 Å². The Bertz CT molecular complexity index is 774. The van der Waals surface area contributed by atoms with Gasteiger partial charge in [0, 0.05) is 6.42 Å². The molecule has 0 fully saturated rings. The average molecular weight is 343 g/mol. The number of nitriles is 1. The van der Waals surface area contributed by atoms with Crippen LogP contribution >= 0.6 is 6.89 Å². The molecule has 2 heteroatoms. The van der Waals surface area contributed by atoms with Crippen molar-refractivity contribution < 1.29 is 0 Å². The molecule has 0 aromatic heterocycles. The molecule has 0 heterocycles. The molecule has 3 rings (SSSR count). The summed E-state index contributed by atoms with van der Waals surface area (Å²) in [6, 6.07) is 34.7. The highest BCUT2D eigenvalue weighted by molar-refractivity contribution is 7.94. The number of unbranched alkanes of at least 4 members (excludes halogenated alkanes) is 2. The molecule has 0 amide bonds. The first kappa shape index (κ1) is 17.3. The second kappa shape index (κ2) is 8.52. The lowest BCUT2D eigenvalue weighted by Crippen LogP contribution is -2.26. The molecule has 0 spiro atoms. The van der Waals surface area contributed by atoms with Crippen LogP contribution in [0.15, 0.2) is 91.0 Å². The number of hydrogen-bond donors (Lipinski definition) is 0. The fourth-order valence-corrected chi connectivity index (χ4v) is 7.24. The first-order valence-electron chi connectivity index (χ1n) is 8.65. The molecular formula is C23H22NP. The molecule has 25 heavy (non-hydrogen) atoms. The van der Waals surface area contributed by atoms with E-state index in [4.69, 9.17) is 5.26 Å². The second-order valence-electron chi connectivity index (χ2n) is 5.96. The van der Waals surface area contributed by atoms with Gasteiger partial charge in [-0.1, -0.05) is 96.8 Å². The van der Waals surface area contributed by atoms with Crippen LogP contribution in [0.4, 0.5) is 0 Å². The largest absolute Gasteiger partial charge is 0.198 e. The second-order valence-corrected chi connectivity index (χ2v) is 9.32. The maximum absolute atomic E-state index is 8.89. The van der Waals surface area contributed by atoms with Gasteiger partial charge in [-0.05, 0) is 35.6 Å². The van der Waals surface area contributed by atoms with E-state index in [-0.39, 0.29) is 0 Å². The first-order valence-corrected chi connectivity index (χ1v) is 10.5. The Hall–Kier alpha value is -2.55. The molecule has 0 aliphatic rings. The summed E-state index contributed by atoms with van der Waals surface area (Å²) in [4.78, 5) is 0. The van der Waals surface area contributed by atoms with Gasteiger partial charge in [-0.15, -0.1) is 0 Å². The van der Waals surface area contributed by atoms with Crippen molar-refractivity contribution in [3.63, 3.8) is 0 Å². The third-order valence-electron chi connectivity index (χ3n) is 4.39. The van der Waals surface area contributed by atoms with E-state index < -0.39 is 6.89 Å². The van der Waals surface area contributed by atoms with Crippen molar-refractivity contribution in [1.82, 2.24) is 0 Å². The Morgan fingerprint density at radius 3 is 1.44 bits per heavy atom. The fraction of sp³-hybridized carbons (Fsp3) is 0.130. The Labute approximate surface area is 150 Å². The van der Waals surface area contributed by atoms with Crippen molar-refractivity contribution in [3.8, 4) is 6.07 Å². The highest BCUT2D eigenvalue weighted by Gasteiger charge is 2.24. The van der Waals surface area contributed by atoms with Crippen LogP contribution in [-0.2, 0) is 0 Å². The summed E-state index contributed by atoms with van der Waals surface area (Å²) in [7, 11) is 0. The van der Waals surface area contributed by atoms with E-state index in [9.17, 15) is 0 Å². The molecule has 0 saturated carbocycles. The Morgan fingerprint density at radius 1 is 0.680 bits per heavy atom. The van der Waals surface area contributed by atoms with Gasteiger partial charge in [0.1, 0.15) is 0 Å². The summed E-state index contributed by atoms with van der Waals surface area (Å²) in [6.45, 7) is -1.83. The monoisotopic (exact) mass is 343 g/mol. The third kappa shape index (κ3) is 3.76. The number of benzene rings is 3. The van der Waals surface area contributed by atoms with E-state index in [1.54, 1.807) is 0 Å². The van der Waals surface area contributed by atoms with Crippen molar-refractivity contribution in [2.45, 2.75) is 19.3 Å². The summed E-state index contributed by atoms with van der Waals surface area (Å²) in [6.07, 6.45) is 2.46. The molecule has 1 nitrogen and oxygen atoms in total. The molecule has 0 radical (unpaired) electrons. The molecule has 0 unspecified atom stereocenters. The zero-order chi connectivity index (χ0) is 17.4. The molecule has 0 bridgehead atoms. The van der Waals surface area contributed by atoms with Crippen LogP contribution in [0, 0.1) is 11.3 Å². The normalized spacial score (nSPS) is 10.8. The molecule has 3 aromatic carbocycles. The van der Waals surface area contributed by atoms with Crippen molar-refractivity contribution >= 4 is 28.6 Å². The lowest BCUT2D eigenvalue weighted by atomic mass is 10.3. The zero-order valence-corrected chi connectivity index (χ0v) is 15.1. The smallest absolute Gasteiger partial charge is 0.0621 e. The Morgan fingerprint density at radius 2 is 1.08 bits per heavy atom. The minimum absolute atomic E-state index is 0.606. The van der Waals surface area contributed by atoms with Crippen LogP contribution in [0.1, 0.15) is 19.3 Å². The molecule has 124 valence electrons. The summed E-state index contributed by atoms with van der Waals surface area (Å²) < 4.78 is 0. The highest BCUT2D eigenvalue weighted by atomic mass is 31.2. The minimum Gasteiger partial charge on any atom is -0.198 e. The zero-order valence-electron chi connectivity index (χ0n) is 14.3. The van der Waals surface area contributed by atoms with Gasteiger partial charge in [0.25, 0.3) is 0 Å². The van der Waals surface area contributed by atoms with Gasteiger partial charge in [-0.3, -0.25) is 0 Å². The van der Waals surface area contributed by atoms with Gasteiger partial charge in [-0.25, -0.2) is 0 Å². The van der Waals surface area contributed by atoms with E-state index >= 15 is 0 Å². The predicted octanol–water partition coefficient (Wildman–Crippen LogP) is 4.48. The summed E-state index contributed by atoms with van der Waals surface area (Å²) in [5.41, 5.74) is 0. The number of nitrogens with zero attached hydrogens (tertiary/aromatic N) is 1. The van der Waals surface area contributed by atoms with Crippen molar-refractivity contribution in [2.75, 3.05) is 0 Å². The molecule has 0 N–H and O–H groups in total. The third-order valence-corrected chi connectivity index (χ3v) is 8.53. The van der Waals surface area contributed by atoms with E-state index in [1.165, 1.54) is 15.9 Å². The fourth-order valence-electron chi connectivity index (χ4n) is 3.22. The lowest BCUT2D eigenvalue weighted by Gasteiger charge is -2.29. The van der Waals surface area contributed by atoms with Crippen LogP contribution in [0.25, 0.3) is 0 Å². The highest BCUT2D eigenvalue weighted by Crippen LogP contribution is 2.43. The molecule has 3 aromatic rings. The van der Waals surface area contributed by atoms with E-state index in [0.29, 0.717) is 6.42 Å². The Balaban J connectivity index is 2.26. The molecule has 0 aliphatic heterocycles. The van der Waals surface area contributed by atoms with Gasteiger partial charge < -0.3 is 0 Å². The van der Waals surface area contributed by atoms with Gasteiger partial charge in [0.05, 0.1) is 6.07 Å². The van der Waals surface area contributed by atoms with E-state index in [1.807, 2.05) is 0 Å². The summed E-state index contributed by atoms with van der Waals surface area (Å²) in [5, 5.41) is 13.0. The van der Waals surface area contributed by atoms with Gasteiger partial charge in [0.2, 0.25) is 0 Å². The lowest BCUT2D eigenvalue weighted by molar-refractivity contribution is 0.918. The molecular weight excluding hydrogens is 321 g/mol. The molecule has 0 atom stereocenters. The number of hydrogen-bond acceptors (Lipinski definition) is 1. The molecule has 0 saturated heterocycles. The van der Waals surface area contributed by atoms with Crippen molar-refractivity contribution in [3.05, 3.63) is 91.0 Å². The van der Waals surface area contributed by atoms with Crippen LogP contribution < -0.4 is 15.9 Å². The van der Waals surface area contributed by atoms with Crippen LogP contribution in [0.2, 0.25) is 0 Å². The van der Waals surface area contributed by atoms with Crippen LogP contribution in [-0.4, -0.2) is 5.80 Å². The standard InChI is InChI=1S/C23H22NP/c24-19-11-4-12-20-25(21-13-5-1-6-14-21,22-15-7-2-8-16-22)23-17-9-3-10-18-23/h1-3,5-10,13-18,20H,4,11-12H2. The Kier molecular flexibility index (Phi) is 5.89. The quantitative estimate of drug-likeness (QED) is 0.478. The summed E-state index contributed by atoms with van der Waals surface area (Å²) in [5.74, 6) is 2.49. The van der Waals surface area contributed by atoms with Gasteiger partial charge in [0.15, 0.2) is 0 Å². The topological polar surface area (TPSA) is 23.8 Å². The maximum atomic E-state index is 8.89. The van der Waals surface area contributed by atoms with Gasteiger partial charge >= 0.3 is 0 Å². The van der Waals surface area contributed by atoms with Crippen molar-refractivity contribution in [1.29, 1.82) is 5.26 Å². The van der Waals surface area contributed by atoms with Gasteiger partial charge in [-0.2, -0.15) is 5.26 Å². The van der Waals surface area contributed by atoms with Crippen molar-refractivity contribution in [2.24, 2.45) is 0 Å². The number of rotatable bonds is 6. The SMILES string of the molecule is N#CCCCC=P(c1ccccc1)(c1ccccc1)c1ccccc1. The maximum Gasteiger partial charge on any atom is 0.0621 e. The van der Waals surface area contributed by atoms with E-state index in [0.717, 1.165) is 12.8 Å². The summed E-state index contributed by atoms with van der Waals surface area (Å²) >= 11 is 0.